The number of amides is 1. The fourth-order valence-electron chi connectivity index (χ4n) is 2.32. The Labute approximate surface area is 152 Å². The maximum Gasteiger partial charge on any atom is 0.262 e. The quantitative estimate of drug-likeness (QED) is 0.526. The normalized spacial score (nSPS) is 12.8. The van der Waals surface area contributed by atoms with Crippen LogP contribution in [-0.4, -0.2) is 22.6 Å². The number of nitrogens with zero attached hydrogens (tertiary/aromatic N) is 2. The minimum Gasteiger partial charge on any atom is -0.350 e. The molecule has 0 unspecified atom stereocenters. The number of anilines is 1. The molecule has 0 fully saturated rings. The fraction of sp³-hybridized carbons (Fsp3) is 0.167. The number of halogens is 2. The van der Waals surface area contributed by atoms with Gasteiger partial charge in [0.1, 0.15) is 17.7 Å². The lowest BCUT2D eigenvalue weighted by Crippen LogP contribution is -2.35. The molecule has 0 saturated carbocycles. The molecule has 0 saturated heterocycles. The van der Waals surface area contributed by atoms with Crippen LogP contribution in [0.3, 0.4) is 0 Å². The molecular formula is C18H16F2N4OS. The summed E-state index contributed by atoms with van der Waals surface area (Å²) in [4.78, 5) is 16.6. The number of carbonyl (C=O) groups is 1. The zero-order valence-corrected chi connectivity index (χ0v) is 14.9. The molecule has 2 N–H and O–H groups in total. The summed E-state index contributed by atoms with van der Waals surface area (Å²) >= 11 is 1.43. The molecule has 0 aliphatic carbocycles. The molecular weight excluding hydrogens is 358 g/mol. The van der Waals surface area contributed by atoms with Crippen molar-refractivity contribution in [3.8, 4) is 0 Å². The molecule has 134 valence electrons. The predicted octanol–water partition coefficient (Wildman–Crippen LogP) is 3.92. The van der Waals surface area contributed by atoms with E-state index in [1.54, 1.807) is 6.92 Å². The van der Waals surface area contributed by atoms with E-state index in [9.17, 15) is 13.6 Å². The number of para-hydroxylation sites is 1. The minimum absolute atomic E-state index is 0.0427. The first-order valence-electron chi connectivity index (χ1n) is 7.86. The highest BCUT2D eigenvalue weighted by Gasteiger charge is 2.16. The molecule has 0 bridgehead atoms. The zero-order chi connectivity index (χ0) is 18.7. The van der Waals surface area contributed by atoms with Gasteiger partial charge in [0.05, 0.1) is 21.5 Å². The third-order valence-corrected chi connectivity index (χ3v) is 4.65. The summed E-state index contributed by atoms with van der Waals surface area (Å²) < 4.78 is 28.4. The van der Waals surface area contributed by atoms with Crippen LogP contribution in [0.5, 0.6) is 0 Å². The van der Waals surface area contributed by atoms with Crippen molar-refractivity contribution in [2.24, 2.45) is 5.10 Å². The summed E-state index contributed by atoms with van der Waals surface area (Å²) in [7, 11) is 0. The van der Waals surface area contributed by atoms with E-state index in [0.29, 0.717) is 5.13 Å². The van der Waals surface area contributed by atoms with Gasteiger partial charge in [0.2, 0.25) is 0 Å². The Balaban J connectivity index is 1.67. The molecule has 1 amide bonds. The molecule has 1 aromatic heterocycles. The smallest absolute Gasteiger partial charge is 0.262 e. The average Bonchev–Trinajstić information content (AvgIpc) is 3.01. The summed E-state index contributed by atoms with van der Waals surface area (Å²) in [6, 6.07) is 10.5. The summed E-state index contributed by atoms with van der Waals surface area (Å²) in [6.45, 7) is 3.07. The number of benzene rings is 2. The lowest BCUT2D eigenvalue weighted by molar-refractivity contribution is -0.121. The number of hydrogen-bond acceptors (Lipinski definition) is 5. The van der Waals surface area contributed by atoms with E-state index < -0.39 is 23.6 Å². The largest absolute Gasteiger partial charge is 0.350 e. The number of thiazole rings is 1. The molecule has 2 aromatic carbocycles. The lowest BCUT2D eigenvalue weighted by atomic mass is 10.1. The fourth-order valence-corrected chi connectivity index (χ4v) is 3.27. The van der Waals surface area contributed by atoms with Crippen LogP contribution in [-0.2, 0) is 4.79 Å². The van der Waals surface area contributed by atoms with Gasteiger partial charge in [-0.15, -0.1) is 0 Å². The van der Waals surface area contributed by atoms with Crippen molar-refractivity contribution in [1.29, 1.82) is 0 Å². The van der Waals surface area contributed by atoms with Gasteiger partial charge < -0.3 is 5.32 Å². The third-order valence-electron chi connectivity index (χ3n) is 3.69. The van der Waals surface area contributed by atoms with Crippen molar-refractivity contribution >= 4 is 38.3 Å². The maximum absolute atomic E-state index is 13.7. The second-order valence-electron chi connectivity index (χ2n) is 5.62. The van der Waals surface area contributed by atoms with Gasteiger partial charge in [-0.25, -0.2) is 19.2 Å². The summed E-state index contributed by atoms with van der Waals surface area (Å²) in [5, 5.41) is 7.40. The van der Waals surface area contributed by atoms with Crippen molar-refractivity contribution in [2.45, 2.75) is 19.9 Å². The van der Waals surface area contributed by atoms with E-state index in [1.807, 2.05) is 24.3 Å². The lowest BCUT2D eigenvalue weighted by Gasteiger charge is -2.11. The molecule has 0 spiro atoms. The molecule has 26 heavy (non-hydrogen) atoms. The van der Waals surface area contributed by atoms with Crippen LogP contribution in [0.15, 0.2) is 47.6 Å². The number of carbonyl (C=O) groups excluding carboxylic acids is 1. The monoisotopic (exact) mass is 374 g/mol. The molecule has 0 radical (unpaired) electrons. The van der Waals surface area contributed by atoms with E-state index in [0.717, 1.165) is 22.3 Å². The van der Waals surface area contributed by atoms with E-state index in [-0.39, 0.29) is 11.3 Å². The second kappa shape index (κ2) is 7.57. The molecule has 5 nitrogen and oxygen atoms in total. The summed E-state index contributed by atoms with van der Waals surface area (Å²) in [5.74, 6) is -1.91. The molecule has 8 heteroatoms. The number of fused-ring (bicyclic) bond motifs is 1. The Morgan fingerprint density at radius 3 is 2.54 bits per heavy atom. The Hall–Kier alpha value is -2.87. The van der Waals surface area contributed by atoms with Crippen molar-refractivity contribution in [3.63, 3.8) is 0 Å². The van der Waals surface area contributed by atoms with Crippen molar-refractivity contribution in [2.75, 3.05) is 5.32 Å². The zero-order valence-electron chi connectivity index (χ0n) is 14.1. The number of nitrogens with one attached hydrogen (secondary N) is 2. The Bertz CT molecular complexity index is 933. The van der Waals surface area contributed by atoms with Gasteiger partial charge in [-0.05, 0) is 38.1 Å². The predicted molar refractivity (Wildman–Crippen MR) is 99.4 cm³/mol. The Morgan fingerprint density at radius 2 is 1.85 bits per heavy atom. The minimum atomic E-state index is -0.735. The number of aromatic nitrogens is 1. The summed E-state index contributed by atoms with van der Waals surface area (Å²) in [5.41, 5.74) is 2.94. The van der Waals surface area contributed by atoms with Crippen molar-refractivity contribution < 1.29 is 13.6 Å². The highest BCUT2D eigenvalue weighted by molar-refractivity contribution is 7.22. The van der Waals surface area contributed by atoms with Crippen LogP contribution >= 0.6 is 11.3 Å². The average molecular weight is 374 g/mol. The highest BCUT2D eigenvalue weighted by atomic mass is 32.1. The second-order valence-corrected chi connectivity index (χ2v) is 6.65. The standard InChI is InChI=1S/C18H16F2N4OS/c1-10(16-12(19)6-5-7-13(16)20)23-24-17(25)11(2)21-18-22-14-8-3-4-9-15(14)26-18/h3-9,11H,1-2H3,(H,21,22)(H,24,25)/b23-10-/t11-/m0/s1. The van der Waals surface area contributed by atoms with Gasteiger partial charge in [-0.2, -0.15) is 5.10 Å². The van der Waals surface area contributed by atoms with E-state index in [1.165, 1.54) is 24.3 Å². The van der Waals surface area contributed by atoms with Crippen molar-refractivity contribution in [1.82, 2.24) is 10.4 Å². The van der Waals surface area contributed by atoms with Gasteiger partial charge in [0.25, 0.3) is 5.91 Å². The van der Waals surface area contributed by atoms with E-state index >= 15 is 0 Å². The molecule has 0 aliphatic heterocycles. The van der Waals surface area contributed by atoms with Gasteiger partial charge in [-0.1, -0.05) is 29.5 Å². The molecule has 0 aliphatic rings. The van der Waals surface area contributed by atoms with Crippen LogP contribution in [0.4, 0.5) is 13.9 Å². The molecule has 3 rings (SSSR count). The van der Waals surface area contributed by atoms with E-state index in [2.05, 4.69) is 20.8 Å². The SMILES string of the molecule is C/C(=N/NC(=O)[C@H](C)Nc1nc2ccccc2s1)c1c(F)cccc1F. The number of hydrogen-bond donors (Lipinski definition) is 2. The maximum atomic E-state index is 13.7. The highest BCUT2D eigenvalue weighted by Crippen LogP contribution is 2.25. The Kier molecular flexibility index (Phi) is 5.22. The number of rotatable bonds is 5. The van der Waals surface area contributed by atoms with Crippen molar-refractivity contribution in [3.05, 3.63) is 59.7 Å². The third kappa shape index (κ3) is 3.85. The molecule has 3 aromatic rings. The van der Waals surface area contributed by atoms with Crippen LogP contribution in [0, 0.1) is 11.6 Å². The first kappa shape index (κ1) is 17.9. The van der Waals surface area contributed by atoms with Crippen LogP contribution in [0.2, 0.25) is 0 Å². The molecule has 1 heterocycles. The summed E-state index contributed by atoms with van der Waals surface area (Å²) in [6.07, 6.45) is 0. The van der Waals surface area contributed by atoms with Gasteiger partial charge in [0, 0.05) is 0 Å². The Morgan fingerprint density at radius 1 is 1.15 bits per heavy atom. The first-order chi connectivity index (χ1) is 12.5. The van der Waals surface area contributed by atoms with Crippen LogP contribution in [0.25, 0.3) is 10.2 Å². The van der Waals surface area contributed by atoms with Gasteiger partial charge in [0.15, 0.2) is 5.13 Å². The topological polar surface area (TPSA) is 66.4 Å². The van der Waals surface area contributed by atoms with Crippen LogP contribution < -0.4 is 10.7 Å². The van der Waals surface area contributed by atoms with Crippen LogP contribution in [0.1, 0.15) is 19.4 Å². The molecule has 1 atom stereocenters. The van der Waals surface area contributed by atoms with Gasteiger partial charge >= 0.3 is 0 Å². The number of hydrazone groups is 1. The first-order valence-corrected chi connectivity index (χ1v) is 8.68. The van der Waals surface area contributed by atoms with Gasteiger partial charge in [-0.3, -0.25) is 4.79 Å². The van der Waals surface area contributed by atoms with E-state index in [4.69, 9.17) is 0 Å².